The number of rotatable bonds is 4. The molecule has 26 heavy (non-hydrogen) atoms. The second-order valence-corrected chi connectivity index (χ2v) is 6.94. The van der Waals surface area contributed by atoms with Gasteiger partial charge >= 0.3 is 0 Å². The third-order valence-corrected chi connectivity index (χ3v) is 4.92. The maximum atomic E-state index is 12.6. The number of anilines is 1. The van der Waals surface area contributed by atoms with E-state index in [2.05, 4.69) is 10.9 Å². The molecule has 136 valence electrons. The summed E-state index contributed by atoms with van der Waals surface area (Å²) >= 11 is 5.93. The fraction of sp³-hybridized carbons (Fsp3) is 0.300. The van der Waals surface area contributed by atoms with Gasteiger partial charge in [0.2, 0.25) is 5.91 Å². The summed E-state index contributed by atoms with van der Waals surface area (Å²) in [6.07, 6.45) is 1.31. The van der Waals surface area contributed by atoms with Crippen LogP contribution in [-0.4, -0.2) is 29.8 Å². The van der Waals surface area contributed by atoms with Crippen LogP contribution in [0.4, 0.5) is 5.69 Å². The number of hydrazine groups is 1. The number of nitrogens with one attached hydrogen (secondary N) is 2. The molecule has 0 radical (unpaired) electrons. The lowest BCUT2D eigenvalue weighted by atomic mass is 9.95. The van der Waals surface area contributed by atoms with Crippen molar-refractivity contribution in [1.82, 2.24) is 10.3 Å². The Balaban J connectivity index is 1.51. The molecule has 0 aliphatic carbocycles. The lowest BCUT2D eigenvalue weighted by Gasteiger charge is -2.31. The van der Waals surface area contributed by atoms with Gasteiger partial charge in [-0.15, -0.1) is 0 Å². The van der Waals surface area contributed by atoms with Gasteiger partial charge in [-0.05, 0) is 49.6 Å². The smallest absolute Gasteiger partial charge is 0.254 e. The van der Waals surface area contributed by atoms with E-state index in [-0.39, 0.29) is 17.7 Å². The fourth-order valence-electron chi connectivity index (χ4n) is 3.13. The highest BCUT2D eigenvalue weighted by Crippen LogP contribution is 2.21. The molecule has 1 fully saturated rings. The first kappa shape index (κ1) is 18.3. The zero-order valence-corrected chi connectivity index (χ0v) is 15.4. The van der Waals surface area contributed by atoms with Crippen LogP contribution in [0.5, 0.6) is 0 Å². The minimum Gasteiger partial charge on any atom is -0.339 e. The molecule has 1 heterocycles. The quantitative estimate of drug-likeness (QED) is 0.806. The van der Waals surface area contributed by atoms with Crippen molar-refractivity contribution in [1.29, 1.82) is 0 Å². The first-order valence-electron chi connectivity index (χ1n) is 8.71. The Kier molecular flexibility index (Phi) is 5.78. The van der Waals surface area contributed by atoms with Gasteiger partial charge in [0, 0.05) is 29.6 Å². The summed E-state index contributed by atoms with van der Waals surface area (Å²) in [7, 11) is 0. The SMILES string of the molecule is Cc1ccccc1C(=O)N1CCC(C(=O)NNc2cccc(Cl)c2)CC1. The standard InChI is InChI=1S/C20H22ClN3O2/c1-14-5-2-3-8-18(14)20(26)24-11-9-15(10-12-24)19(25)23-22-17-7-4-6-16(21)13-17/h2-8,13,15,22H,9-12H2,1H3,(H,23,25). The zero-order valence-electron chi connectivity index (χ0n) is 14.7. The lowest BCUT2D eigenvalue weighted by molar-refractivity contribution is -0.125. The number of likely N-dealkylation sites (tertiary alicyclic amines) is 1. The topological polar surface area (TPSA) is 61.4 Å². The van der Waals surface area contributed by atoms with Crippen LogP contribution in [0.2, 0.25) is 5.02 Å². The molecule has 0 unspecified atom stereocenters. The Morgan fingerprint density at radius 1 is 1.08 bits per heavy atom. The van der Waals surface area contributed by atoms with E-state index in [1.807, 2.05) is 48.2 Å². The van der Waals surface area contributed by atoms with E-state index >= 15 is 0 Å². The van der Waals surface area contributed by atoms with Crippen molar-refractivity contribution in [3.05, 3.63) is 64.7 Å². The van der Waals surface area contributed by atoms with Gasteiger partial charge in [0.05, 0.1) is 5.69 Å². The second kappa shape index (κ2) is 8.23. The molecule has 6 heteroatoms. The van der Waals surface area contributed by atoms with E-state index in [0.29, 0.717) is 31.0 Å². The fourth-order valence-corrected chi connectivity index (χ4v) is 3.32. The second-order valence-electron chi connectivity index (χ2n) is 6.51. The Bertz CT molecular complexity index is 801. The van der Waals surface area contributed by atoms with Crippen LogP contribution in [-0.2, 0) is 4.79 Å². The molecule has 0 spiro atoms. The minimum atomic E-state index is -0.109. The number of halogens is 1. The molecule has 2 amide bonds. The van der Waals surface area contributed by atoms with Gasteiger partial charge in [-0.2, -0.15) is 0 Å². The average molecular weight is 372 g/mol. The average Bonchev–Trinajstić information content (AvgIpc) is 2.66. The molecule has 2 aromatic rings. The van der Waals surface area contributed by atoms with E-state index in [4.69, 9.17) is 11.6 Å². The molecular weight excluding hydrogens is 350 g/mol. The Hall–Kier alpha value is -2.53. The number of piperidine rings is 1. The Labute approximate surface area is 158 Å². The van der Waals surface area contributed by atoms with Gasteiger partial charge < -0.3 is 4.90 Å². The number of aryl methyl sites for hydroxylation is 1. The highest BCUT2D eigenvalue weighted by molar-refractivity contribution is 6.30. The van der Waals surface area contributed by atoms with Gasteiger partial charge in [-0.25, -0.2) is 0 Å². The van der Waals surface area contributed by atoms with Crippen molar-refractivity contribution < 1.29 is 9.59 Å². The molecule has 0 bridgehead atoms. The van der Waals surface area contributed by atoms with Crippen LogP contribution < -0.4 is 10.9 Å². The molecule has 3 rings (SSSR count). The maximum Gasteiger partial charge on any atom is 0.254 e. The molecule has 0 aromatic heterocycles. The minimum absolute atomic E-state index is 0.0408. The third-order valence-electron chi connectivity index (χ3n) is 4.68. The molecule has 0 saturated carbocycles. The van der Waals surface area contributed by atoms with Crippen molar-refractivity contribution in [3.8, 4) is 0 Å². The van der Waals surface area contributed by atoms with Gasteiger partial charge in [-0.1, -0.05) is 35.9 Å². The van der Waals surface area contributed by atoms with Crippen LogP contribution in [0, 0.1) is 12.8 Å². The van der Waals surface area contributed by atoms with Crippen LogP contribution in [0.15, 0.2) is 48.5 Å². The van der Waals surface area contributed by atoms with E-state index < -0.39 is 0 Å². The molecule has 0 atom stereocenters. The molecule has 1 aliphatic rings. The number of hydrogen-bond acceptors (Lipinski definition) is 3. The number of carbonyl (C=O) groups excluding carboxylic acids is 2. The first-order valence-corrected chi connectivity index (χ1v) is 9.09. The van der Waals surface area contributed by atoms with Crippen LogP contribution in [0.3, 0.4) is 0 Å². The largest absolute Gasteiger partial charge is 0.339 e. The number of amides is 2. The molecule has 1 aliphatic heterocycles. The van der Waals surface area contributed by atoms with Crippen molar-refractivity contribution in [2.75, 3.05) is 18.5 Å². The van der Waals surface area contributed by atoms with Crippen LogP contribution >= 0.6 is 11.6 Å². The van der Waals surface area contributed by atoms with Crippen molar-refractivity contribution in [2.24, 2.45) is 5.92 Å². The summed E-state index contributed by atoms with van der Waals surface area (Å²) < 4.78 is 0. The summed E-state index contributed by atoms with van der Waals surface area (Å²) in [4.78, 5) is 26.8. The van der Waals surface area contributed by atoms with Crippen LogP contribution in [0.1, 0.15) is 28.8 Å². The van der Waals surface area contributed by atoms with Crippen molar-refractivity contribution in [2.45, 2.75) is 19.8 Å². The first-order chi connectivity index (χ1) is 12.5. The van der Waals surface area contributed by atoms with Gasteiger partial charge in [0.25, 0.3) is 5.91 Å². The Morgan fingerprint density at radius 2 is 1.81 bits per heavy atom. The number of carbonyl (C=O) groups is 2. The monoisotopic (exact) mass is 371 g/mol. The predicted molar refractivity (Wildman–Crippen MR) is 103 cm³/mol. The van der Waals surface area contributed by atoms with Gasteiger partial charge in [0.15, 0.2) is 0 Å². The van der Waals surface area contributed by atoms with E-state index in [1.165, 1.54) is 0 Å². The predicted octanol–water partition coefficient (Wildman–Crippen LogP) is 3.64. The summed E-state index contributed by atoms with van der Waals surface area (Å²) in [5.74, 6) is -0.130. The zero-order chi connectivity index (χ0) is 18.5. The molecular formula is C20H22ClN3O2. The molecule has 2 N–H and O–H groups in total. The number of benzene rings is 2. The number of hydrogen-bond donors (Lipinski definition) is 2. The normalized spacial score (nSPS) is 14.8. The third kappa shape index (κ3) is 4.35. The summed E-state index contributed by atoms with van der Waals surface area (Å²) in [5, 5.41) is 0.604. The van der Waals surface area contributed by atoms with E-state index in [0.717, 1.165) is 16.8 Å². The van der Waals surface area contributed by atoms with Crippen molar-refractivity contribution in [3.63, 3.8) is 0 Å². The highest BCUT2D eigenvalue weighted by atomic mass is 35.5. The molecule has 1 saturated heterocycles. The van der Waals surface area contributed by atoms with Crippen molar-refractivity contribution >= 4 is 29.1 Å². The summed E-state index contributed by atoms with van der Waals surface area (Å²) in [5.41, 5.74) is 8.06. The number of nitrogens with zero attached hydrogens (tertiary/aromatic N) is 1. The summed E-state index contributed by atoms with van der Waals surface area (Å²) in [6, 6.07) is 14.8. The van der Waals surface area contributed by atoms with Gasteiger partial charge in [0.1, 0.15) is 0 Å². The molecule has 2 aromatic carbocycles. The molecule has 5 nitrogen and oxygen atoms in total. The lowest BCUT2D eigenvalue weighted by Crippen LogP contribution is -2.44. The van der Waals surface area contributed by atoms with E-state index in [1.54, 1.807) is 12.1 Å². The summed E-state index contributed by atoms with van der Waals surface area (Å²) in [6.45, 7) is 3.11. The maximum absolute atomic E-state index is 12.6. The Morgan fingerprint density at radius 3 is 2.50 bits per heavy atom. The van der Waals surface area contributed by atoms with Crippen LogP contribution in [0.25, 0.3) is 0 Å². The van der Waals surface area contributed by atoms with Gasteiger partial charge in [-0.3, -0.25) is 20.4 Å². The van der Waals surface area contributed by atoms with E-state index in [9.17, 15) is 9.59 Å². The highest BCUT2D eigenvalue weighted by Gasteiger charge is 2.28.